The Morgan fingerprint density at radius 1 is 1.29 bits per heavy atom. The zero-order chi connectivity index (χ0) is 17.2. The number of benzene rings is 1. The third-order valence-corrected chi connectivity index (χ3v) is 3.22. The molecule has 0 bridgehead atoms. The molecular formula is C18H21N3O3. The molecule has 0 fully saturated rings. The lowest BCUT2D eigenvalue weighted by molar-refractivity contribution is 0.0950. The molecule has 0 aliphatic heterocycles. The van der Waals surface area contributed by atoms with E-state index < -0.39 is 0 Å². The van der Waals surface area contributed by atoms with Crippen molar-refractivity contribution < 1.29 is 14.3 Å². The number of unbranched alkanes of at least 4 members (excludes halogenated alkanes) is 1. The summed E-state index contributed by atoms with van der Waals surface area (Å²) in [5.74, 6) is 0.964. The van der Waals surface area contributed by atoms with E-state index >= 15 is 0 Å². The summed E-state index contributed by atoms with van der Waals surface area (Å²) in [7, 11) is 1.60. The number of amides is 1. The van der Waals surface area contributed by atoms with Crippen LogP contribution in [-0.2, 0) is 0 Å². The number of aromatic nitrogens is 1. The number of ether oxygens (including phenoxy) is 2. The van der Waals surface area contributed by atoms with Crippen LogP contribution in [0.15, 0.2) is 47.7 Å². The van der Waals surface area contributed by atoms with Crippen molar-refractivity contribution >= 4 is 12.1 Å². The monoisotopic (exact) mass is 327 g/mol. The third kappa shape index (κ3) is 5.08. The first kappa shape index (κ1) is 17.5. The minimum absolute atomic E-state index is 0.313. The number of nitrogens with one attached hydrogen (secondary N) is 1. The molecule has 0 unspecified atom stereocenters. The van der Waals surface area contributed by atoms with Crippen LogP contribution in [0.1, 0.15) is 35.8 Å². The van der Waals surface area contributed by atoms with E-state index in [1.54, 1.807) is 37.7 Å². The standard InChI is InChI=1S/C18H21N3O3/c1-3-4-11-24-17-12-14(8-9-16(17)23-2)13-20-21-18(22)15-7-5-6-10-19-15/h5-10,12-13H,3-4,11H2,1-2H3,(H,21,22)/b20-13-. The van der Waals surface area contributed by atoms with Crippen LogP contribution in [-0.4, -0.2) is 30.8 Å². The summed E-state index contributed by atoms with van der Waals surface area (Å²) >= 11 is 0. The van der Waals surface area contributed by atoms with Gasteiger partial charge in [-0.2, -0.15) is 5.10 Å². The zero-order valence-corrected chi connectivity index (χ0v) is 13.9. The van der Waals surface area contributed by atoms with Gasteiger partial charge in [0.2, 0.25) is 0 Å². The van der Waals surface area contributed by atoms with E-state index in [0.717, 1.165) is 18.4 Å². The fraction of sp³-hybridized carbons (Fsp3) is 0.278. The number of hydrogen-bond donors (Lipinski definition) is 1. The van der Waals surface area contributed by atoms with E-state index in [1.165, 1.54) is 0 Å². The first-order valence-corrected chi connectivity index (χ1v) is 7.80. The molecule has 0 aliphatic carbocycles. The second-order valence-electron chi connectivity index (χ2n) is 5.03. The Morgan fingerprint density at radius 3 is 2.88 bits per heavy atom. The van der Waals surface area contributed by atoms with Crippen molar-refractivity contribution in [2.45, 2.75) is 19.8 Å². The number of hydrogen-bond acceptors (Lipinski definition) is 5. The molecule has 2 aromatic rings. The highest BCUT2D eigenvalue weighted by molar-refractivity contribution is 5.93. The number of carbonyl (C=O) groups excluding carboxylic acids is 1. The normalized spacial score (nSPS) is 10.6. The van der Waals surface area contributed by atoms with Gasteiger partial charge in [0, 0.05) is 6.20 Å². The van der Waals surface area contributed by atoms with Crippen LogP contribution < -0.4 is 14.9 Å². The van der Waals surface area contributed by atoms with Gasteiger partial charge >= 0.3 is 0 Å². The van der Waals surface area contributed by atoms with Crippen LogP contribution in [0, 0.1) is 0 Å². The van der Waals surface area contributed by atoms with Crippen molar-refractivity contribution in [3.05, 3.63) is 53.9 Å². The van der Waals surface area contributed by atoms with Gasteiger partial charge in [-0.15, -0.1) is 0 Å². The van der Waals surface area contributed by atoms with Crippen molar-refractivity contribution in [1.82, 2.24) is 10.4 Å². The van der Waals surface area contributed by atoms with Crippen LogP contribution in [0.4, 0.5) is 0 Å². The lowest BCUT2D eigenvalue weighted by Crippen LogP contribution is -2.18. The van der Waals surface area contributed by atoms with Gasteiger partial charge in [-0.3, -0.25) is 9.78 Å². The van der Waals surface area contributed by atoms with Gasteiger partial charge in [-0.1, -0.05) is 19.4 Å². The fourth-order valence-corrected chi connectivity index (χ4v) is 1.93. The summed E-state index contributed by atoms with van der Waals surface area (Å²) in [5, 5.41) is 3.95. The molecular weight excluding hydrogens is 306 g/mol. The molecule has 1 aromatic carbocycles. The molecule has 24 heavy (non-hydrogen) atoms. The van der Waals surface area contributed by atoms with E-state index in [4.69, 9.17) is 9.47 Å². The summed E-state index contributed by atoms with van der Waals surface area (Å²) in [6.07, 6.45) is 5.14. The summed E-state index contributed by atoms with van der Waals surface area (Å²) in [5.41, 5.74) is 3.55. The number of methoxy groups -OCH3 is 1. The molecule has 1 heterocycles. The Morgan fingerprint density at radius 2 is 2.17 bits per heavy atom. The number of nitrogens with zero attached hydrogens (tertiary/aromatic N) is 2. The molecule has 1 aromatic heterocycles. The van der Waals surface area contributed by atoms with Crippen molar-refractivity contribution in [3.8, 4) is 11.5 Å². The Hall–Kier alpha value is -2.89. The molecule has 0 saturated carbocycles. The average molecular weight is 327 g/mol. The largest absolute Gasteiger partial charge is 0.493 e. The predicted octanol–water partition coefficient (Wildman–Crippen LogP) is 3.03. The van der Waals surface area contributed by atoms with Crippen LogP contribution >= 0.6 is 0 Å². The van der Waals surface area contributed by atoms with Crippen molar-refractivity contribution in [2.24, 2.45) is 5.10 Å². The van der Waals surface area contributed by atoms with E-state index in [2.05, 4.69) is 22.4 Å². The lowest BCUT2D eigenvalue weighted by Gasteiger charge is -2.10. The topological polar surface area (TPSA) is 72.8 Å². The first-order chi connectivity index (χ1) is 11.7. The Labute approximate surface area is 141 Å². The number of pyridine rings is 1. The maximum atomic E-state index is 11.8. The van der Waals surface area contributed by atoms with Crippen molar-refractivity contribution in [1.29, 1.82) is 0 Å². The van der Waals surface area contributed by atoms with Gasteiger partial charge in [0.25, 0.3) is 5.91 Å². The van der Waals surface area contributed by atoms with E-state index in [0.29, 0.717) is 23.8 Å². The van der Waals surface area contributed by atoms with Gasteiger partial charge in [0.1, 0.15) is 5.69 Å². The van der Waals surface area contributed by atoms with Crippen molar-refractivity contribution in [2.75, 3.05) is 13.7 Å². The van der Waals surface area contributed by atoms with Gasteiger partial charge < -0.3 is 9.47 Å². The molecule has 1 amide bonds. The highest BCUT2D eigenvalue weighted by Gasteiger charge is 2.06. The molecule has 0 aliphatic rings. The molecule has 6 heteroatoms. The second-order valence-corrected chi connectivity index (χ2v) is 5.03. The van der Waals surface area contributed by atoms with Crippen LogP contribution in [0.2, 0.25) is 0 Å². The Kier molecular flexibility index (Phi) is 6.76. The van der Waals surface area contributed by atoms with Crippen molar-refractivity contribution in [3.63, 3.8) is 0 Å². The van der Waals surface area contributed by atoms with Crippen LogP contribution in [0.5, 0.6) is 11.5 Å². The number of carbonyl (C=O) groups is 1. The molecule has 0 spiro atoms. The molecule has 0 radical (unpaired) electrons. The van der Waals surface area contributed by atoms with Gasteiger partial charge in [0.15, 0.2) is 11.5 Å². The van der Waals surface area contributed by atoms with Gasteiger partial charge in [-0.05, 0) is 42.3 Å². The summed E-state index contributed by atoms with van der Waals surface area (Å²) < 4.78 is 11.0. The second kappa shape index (κ2) is 9.29. The number of hydrazone groups is 1. The SMILES string of the molecule is CCCCOc1cc(/C=N\NC(=O)c2ccccn2)ccc1OC. The predicted molar refractivity (Wildman–Crippen MR) is 92.7 cm³/mol. The number of rotatable bonds is 8. The summed E-state index contributed by atoms with van der Waals surface area (Å²) in [4.78, 5) is 15.8. The molecule has 0 atom stereocenters. The van der Waals surface area contributed by atoms with Crippen LogP contribution in [0.3, 0.4) is 0 Å². The van der Waals surface area contributed by atoms with Gasteiger partial charge in [-0.25, -0.2) is 5.43 Å². The van der Waals surface area contributed by atoms with E-state index in [1.807, 2.05) is 18.2 Å². The maximum Gasteiger partial charge on any atom is 0.289 e. The van der Waals surface area contributed by atoms with E-state index in [9.17, 15) is 4.79 Å². The first-order valence-electron chi connectivity index (χ1n) is 7.80. The highest BCUT2D eigenvalue weighted by Crippen LogP contribution is 2.27. The molecule has 2 rings (SSSR count). The molecule has 6 nitrogen and oxygen atoms in total. The Bertz CT molecular complexity index is 687. The summed E-state index contributed by atoms with van der Waals surface area (Å²) in [6, 6.07) is 10.6. The minimum atomic E-state index is -0.361. The third-order valence-electron chi connectivity index (χ3n) is 3.22. The quantitative estimate of drug-likeness (QED) is 0.459. The van der Waals surface area contributed by atoms with Gasteiger partial charge in [0.05, 0.1) is 19.9 Å². The smallest absolute Gasteiger partial charge is 0.289 e. The minimum Gasteiger partial charge on any atom is -0.493 e. The lowest BCUT2D eigenvalue weighted by atomic mass is 10.2. The van der Waals surface area contributed by atoms with E-state index in [-0.39, 0.29) is 5.91 Å². The maximum absolute atomic E-state index is 11.8. The highest BCUT2D eigenvalue weighted by atomic mass is 16.5. The summed E-state index contributed by atoms with van der Waals surface area (Å²) in [6.45, 7) is 2.73. The van der Waals surface area contributed by atoms with Crippen LogP contribution in [0.25, 0.3) is 0 Å². The molecule has 126 valence electrons. The Balaban J connectivity index is 2.00. The fourth-order valence-electron chi connectivity index (χ4n) is 1.93. The average Bonchev–Trinajstić information content (AvgIpc) is 2.63. The molecule has 1 N–H and O–H groups in total. The zero-order valence-electron chi connectivity index (χ0n) is 13.9. The molecule has 0 saturated heterocycles.